The number of rotatable bonds is 8. The average molecular weight is 539 g/mol. The molecule has 38 heavy (non-hydrogen) atoms. The fourth-order valence-electron chi connectivity index (χ4n) is 5.28. The fourth-order valence-corrected chi connectivity index (χ4v) is 6.11. The van der Waals surface area contributed by atoms with Gasteiger partial charge in [-0.1, -0.05) is 35.9 Å². The lowest BCUT2D eigenvalue weighted by atomic mass is 9.94. The molecule has 1 aliphatic carbocycles. The van der Waals surface area contributed by atoms with E-state index in [1.54, 1.807) is 0 Å². The first kappa shape index (κ1) is 26.5. The van der Waals surface area contributed by atoms with Gasteiger partial charge in [-0.2, -0.15) is 4.31 Å². The smallest absolute Gasteiger partial charge is 0.211 e. The molecule has 0 aromatic heterocycles. The molecule has 0 saturated carbocycles. The molecular formula is C30H32F2N2O3S. The Labute approximate surface area is 223 Å². The van der Waals surface area contributed by atoms with Crippen LogP contribution in [-0.4, -0.2) is 63.2 Å². The van der Waals surface area contributed by atoms with Crippen molar-refractivity contribution in [2.24, 2.45) is 0 Å². The van der Waals surface area contributed by atoms with Crippen LogP contribution in [0.25, 0.3) is 11.1 Å². The second-order valence-corrected chi connectivity index (χ2v) is 12.1. The lowest BCUT2D eigenvalue weighted by molar-refractivity contribution is 0.175. The quantitative estimate of drug-likeness (QED) is 0.373. The van der Waals surface area contributed by atoms with Crippen molar-refractivity contribution in [3.8, 4) is 5.75 Å². The summed E-state index contributed by atoms with van der Waals surface area (Å²) in [5.41, 5.74) is 6.62. The van der Waals surface area contributed by atoms with Gasteiger partial charge in [0, 0.05) is 38.8 Å². The molecule has 8 heteroatoms. The number of ether oxygens (including phenoxy) is 1. The van der Waals surface area contributed by atoms with Gasteiger partial charge in [0.15, 0.2) is 0 Å². The first-order chi connectivity index (χ1) is 18.2. The molecule has 5 nitrogen and oxygen atoms in total. The molecule has 1 heterocycles. The Morgan fingerprint density at radius 2 is 1.55 bits per heavy atom. The SMILES string of the molecule is Cc1ccc(C2=C(c3cc(F)cc(F)c3)c3ccc(OCCCN4CCN(S(C)(=O)=O)CC4)cc3C2)cc1. The maximum atomic E-state index is 14.2. The summed E-state index contributed by atoms with van der Waals surface area (Å²) in [5.74, 6) is -0.427. The van der Waals surface area contributed by atoms with E-state index >= 15 is 0 Å². The summed E-state index contributed by atoms with van der Waals surface area (Å²) in [6, 6.07) is 17.8. The van der Waals surface area contributed by atoms with E-state index in [0.29, 0.717) is 31.7 Å². The van der Waals surface area contributed by atoms with Crippen LogP contribution in [0, 0.1) is 18.6 Å². The minimum absolute atomic E-state index is 0.526. The number of nitrogens with zero attached hydrogens (tertiary/aromatic N) is 2. The maximum Gasteiger partial charge on any atom is 0.211 e. The molecule has 0 bridgehead atoms. The number of allylic oxidation sites excluding steroid dienone is 1. The van der Waals surface area contributed by atoms with Gasteiger partial charge in [-0.25, -0.2) is 17.2 Å². The normalized spacial score (nSPS) is 16.6. The van der Waals surface area contributed by atoms with Crippen molar-refractivity contribution >= 4 is 21.2 Å². The molecule has 5 rings (SSSR count). The van der Waals surface area contributed by atoms with Gasteiger partial charge in [-0.15, -0.1) is 0 Å². The zero-order chi connectivity index (χ0) is 26.9. The van der Waals surface area contributed by atoms with E-state index in [1.807, 2.05) is 37.3 Å². The number of halogens is 2. The summed E-state index contributed by atoms with van der Waals surface area (Å²) in [6.45, 7) is 5.92. The van der Waals surface area contributed by atoms with Crippen molar-refractivity contribution in [2.45, 2.75) is 19.8 Å². The van der Waals surface area contributed by atoms with Gasteiger partial charge in [-0.05, 0) is 77.4 Å². The van der Waals surface area contributed by atoms with Crippen LogP contribution in [0.15, 0.2) is 60.7 Å². The van der Waals surface area contributed by atoms with Crippen LogP contribution in [0.3, 0.4) is 0 Å². The third-order valence-corrected chi connectivity index (χ3v) is 8.56. The van der Waals surface area contributed by atoms with Crippen LogP contribution in [0.5, 0.6) is 5.75 Å². The minimum atomic E-state index is -3.12. The Balaban J connectivity index is 1.28. The Bertz CT molecular complexity index is 1440. The molecule has 0 N–H and O–H groups in total. The van der Waals surface area contributed by atoms with Crippen LogP contribution in [0.1, 0.15) is 34.2 Å². The molecular weight excluding hydrogens is 506 g/mol. The molecule has 3 aromatic carbocycles. The van der Waals surface area contributed by atoms with Gasteiger partial charge >= 0.3 is 0 Å². The standard InChI is InChI=1S/C30H32F2N2O3S/c1-21-4-6-22(7-5-21)29-19-23-18-27(8-9-28(23)30(29)24-16-25(31)20-26(32)17-24)37-15-3-10-33-11-13-34(14-12-33)38(2,35)36/h4-9,16-18,20H,3,10-15,19H2,1-2H3. The van der Waals surface area contributed by atoms with Gasteiger partial charge in [0.1, 0.15) is 17.4 Å². The monoisotopic (exact) mass is 538 g/mol. The summed E-state index contributed by atoms with van der Waals surface area (Å²) in [4.78, 5) is 2.26. The Hall–Kier alpha value is -3.07. The number of sulfonamides is 1. The fraction of sp³-hybridized carbons (Fsp3) is 0.333. The van der Waals surface area contributed by atoms with E-state index in [2.05, 4.69) is 17.0 Å². The van der Waals surface area contributed by atoms with Gasteiger partial charge in [0.05, 0.1) is 12.9 Å². The van der Waals surface area contributed by atoms with E-state index in [4.69, 9.17) is 4.74 Å². The van der Waals surface area contributed by atoms with E-state index in [0.717, 1.165) is 71.3 Å². The second kappa shape index (κ2) is 11.0. The lowest BCUT2D eigenvalue weighted by Gasteiger charge is -2.33. The van der Waals surface area contributed by atoms with Gasteiger partial charge < -0.3 is 9.64 Å². The first-order valence-electron chi connectivity index (χ1n) is 12.9. The summed E-state index contributed by atoms with van der Waals surface area (Å²) in [7, 11) is -3.12. The Morgan fingerprint density at radius 3 is 2.21 bits per heavy atom. The molecule has 0 spiro atoms. The van der Waals surface area contributed by atoms with Crippen molar-refractivity contribution < 1.29 is 21.9 Å². The number of fused-ring (bicyclic) bond motifs is 1. The highest BCUT2D eigenvalue weighted by Crippen LogP contribution is 2.43. The summed E-state index contributed by atoms with van der Waals surface area (Å²) >= 11 is 0. The van der Waals surface area contributed by atoms with Crippen molar-refractivity contribution in [3.05, 3.63) is 100 Å². The Kier molecular flexibility index (Phi) is 7.66. The highest BCUT2D eigenvalue weighted by atomic mass is 32.2. The summed E-state index contributed by atoms with van der Waals surface area (Å²) in [6.07, 6.45) is 2.73. The average Bonchev–Trinajstić information content (AvgIpc) is 3.25. The van der Waals surface area contributed by atoms with E-state index < -0.39 is 21.7 Å². The van der Waals surface area contributed by atoms with Crippen LogP contribution >= 0.6 is 0 Å². The van der Waals surface area contributed by atoms with Crippen molar-refractivity contribution in [1.82, 2.24) is 9.21 Å². The molecule has 200 valence electrons. The third-order valence-electron chi connectivity index (χ3n) is 7.25. The van der Waals surface area contributed by atoms with Gasteiger partial charge in [0.25, 0.3) is 0 Å². The number of benzene rings is 3. The van der Waals surface area contributed by atoms with Gasteiger partial charge in [-0.3, -0.25) is 0 Å². The second-order valence-electron chi connectivity index (χ2n) is 10.1. The largest absolute Gasteiger partial charge is 0.494 e. The highest BCUT2D eigenvalue weighted by Gasteiger charge is 2.26. The molecule has 1 aliphatic heterocycles. The van der Waals surface area contributed by atoms with Crippen molar-refractivity contribution in [3.63, 3.8) is 0 Å². The Morgan fingerprint density at radius 1 is 0.868 bits per heavy atom. The molecule has 1 saturated heterocycles. The molecule has 0 radical (unpaired) electrons. The number of hydrogen-bond donors (Lipinski definition) is 0. The lowest BCUT2D eigenvalue weighted by Crippen LogP contribution is -2.48. The molecule has 2 aliphatic rings. The predicted molar refractivity (Wildman–Crippen MR) is 147 cm³/mol. The highest BCUT2D eigenvalue weighted by molar-refractivity contribution is 7.88. The molecule has 1 fully saturated rings. The van der Waals surface area contributed by atoms with E-state index in [1.165, 1.54) is 22.7 Å². The predicted octanol–water partition coefficient (Wildman–Crippen LogP) is 5.13. The molecule has 0 amide bonds. The van der Waals surface area contributed by atoms with Crippen molar-refractivity contribution in [1.29, 1.82) is 0 Å². The zero-order valence-corrected chi connectivity index (χ0v) is 22.5. The van der Waals surface area contributed by atoms with E-state index in [-0.39, 0.29) is 0 Å². The van der Waals surface area contributed by atoms with Crippen molar-refractivity contribution in [2.75, 3.05) is 45.6 Å². The summed E-state index contributed by atoms with van der Waals surface area (Å²) < 4.78 is 59.3. The number of piperazine rings is 1. The topological polar surface area (TPSA) is 49.9 Å². The summed E-state index contributed by atoms with van der Waals surface area (Å²) in [5, 5.41) is 0. The van der Waals surface area contributed by atoms with Crippen LogP contribution in [-0.2, 0) is 16.4 Å². The van der Waals surface area contributed by atoms with E-state index in [9.17, 15) is 17.2 Å². The zero-order valence-electron chi connectivity index (χ0n) is 21.7. The molecule has 3 aromatic rings. The first-order valence-corrected chi connectivity index (χ1v) is 14.7. The maximum absolute atomic E-state index is 14.2. The number of aryl methyl sites for hydroxylation is 1. The van der Waals surface area contributed by atoms with Crippen LogP contribution in [0.2, 0.25) is 0 Å². The third kappa shape index (κ3) is 5.98. The van der Waals surface area contributed by atoms with Gasteiger partial charge in [0.2, 0.25) is 10.0 Å². The molecule has 0 atom stereocenters. The van der Waals surface area contributed by atoms with Crippen LogP contribution < -0.4 is 4.74 Å². The minimum Gasteiger partial charge on any atom is -0.494 e. The van der Waals surface area contributed by atoms with Crippen LogP contribution in [0.4, 0.5) is 8.78 Å². The molecule has 0 unspecified atom stereocenters. The number of hydrogen-bond acceptors (Lipinski definition) is 4.